The predicted octanol–water partition coefficient (Wildman–Crippen LogP) is 13.9. The van der Waals surface area contributed by atoms with Crippen LogP contribution in [0.5, 0.6) is 0 Å². The van der Waals surface area contributed by atoms with Gasteiger partial charge in [-0.05, 0) is 93.5 Å². The van der Waals surface area contributed by atoms with Crippen molar-refractivity contribution in [3.8, 4) is 11.3 Å². The summed E-state index contributed by atoms with van der Waals surface area (Å²) in [6.07, 6.45) is 6.74. The topological polar surface area (TPSA) is 50.2 Å². The summed E-state index contributed by atoms with van der Waals surface area (Å²) in [6.45, 7) is 23.7. The maximum Gasteiger partial charge on any atom is 0.162 e. The standard InChI is InChI=1S/C33H32NS.C14H26O2.Ir/c1-32(2,3)18-21-11-9-13-23-24-14-15-34-30-26-16-20-10-7-8-12-22(20)27(19-33(4,5)6)31(26)35-28(29(24)30)17-25(21)23;1-6-11(7-2)12(15)10-13(16)14(5,8-3)9-4;/h7-15,17H,18-19H2,1-6H3;10-11,16H,6-9H2,1-5H3;/q-1;;/b;13-10-;/i14D,15D;;. The third-order valence-electron chi connectivity index (χ3n) is 10.6. The van der Waals surface area contributed by atoms with Crippen molar-refractivity contribution in [3.05, 3.63) is 89.8 Å². The van der Waals surface area contributed by atoms with E-state index in [1.165, 1.54) is 32.9 Å². The summed E-state index contributed by atoms with van der Waals surface area (Å²) in [6, 6.07) is 21.1. The minimum absolute atomic E-state index is 0. The summed E-state index contributed by atoms with van der Waals surface area (Å²) in [5.41, 5.74) is 4.38. The van der Waals surface area contributed by atoms with Crippen LogP contribution in [0.4, 0.5) is 0 Å². The number of aromatic nitrogens is 1. The second-order valence-corrected chi connectivity index (χ2v) is 18.0. The first kappa shape index (κ1) is 38.7. The van der Waals surface area contributed by atoms with E-state index in [-0.39, 0.29) is 66.0 Å². The number of carbonyl (C=O) groups is 1. The van der Waals surface area contributed by atoms with Crippen molar-refractivity contribution < 1.29 is 32.7 Å². The SMILES string of the molecule is CCC(CC)C(=O)/C=C(\O)C(C)(CC)CC.[2H]c1nc2c3c(cc4c(CC(C)(C)C)cccc4c3c1[2H])Sc1c-2[c-]c2ccccc2c1CC(C)(C)C.[Ir]. The van der Waals surface area contributed by atoms with E-state index in [0.717, 1.165) is 76.2 Å². The fraction of sp³-hybridized carbons (Fsp3) is 0.447. The Balaban J connectivity index is 0.000000327. The summed E-state index contributed by atoms with van der Waals surface area (Å²) in [5.74, 6) is 0.366. The van der Waals surface area contributed by atoms with E-state index in [2.05, 4.69) is 96.1 Å². The molecule has 279 valence electrons. The number of pyridine rings is 1. The van der Waals surface area contributed by atoms with E-state index in [1.54, 1.807) is 11.8 Å². The van der Waals surface area contributed by atoms with Crippen LogP contribution in [0.25, 0.3) is 43.6 Å². The van der Waals surface area contributed by atoms with E-state index >= 15 is 0 Å². The molecule has 1 aliphatic rings. The van der Waals surface area contributed by atoms with E-state index in [9.17, 15) is 9.90 Å². The number of benzene rings is 4. The molecule has 1 aromatic heterocycles. The van der Waals surface area contributed by atoms with Crippen molar-refractivity contribution in [2.75, 3.05) is 0 Å². The number of carbonyl (C=O) groups excluding carboxylic acids is 1. The Morgan fingerprint density at radius 1 is 0.885 bits per heavy atom. The third kappa shape index (κ3) is 8.86. The van der Waals surface area contributed by atoms with E-state index in [1.807, 2.05) is 34.6 Å². The zero-order valence-corrected chi connectivity index (χ0v) is 36.3. The van der Waals surface area contributed by atoms with Crippen molar-refractivity contribution in [3.63, 3.8) is 0 Å². The fourth-order valence-corrected chi connectivity index (χ4v) is 8.41. The van der Waals surface area contributed by atoms with Crippen molar-refractivity contribution in [1.82, 2.24) is 4.98 Å². The maximum atomic E-state index is 11.9. The Morgan fingerprint density at radius 3 is 2.13 bits per heavy atom. The molecule has 1 N–H and O–H groups in total. The molecule has 0 amide bonds. The number of nitrogens with zero attached hydrogens (tertiary/aromatic N) is 1. The molecule has 3 nitrogen and oxygen atoms in total. The Hall–Kier alpha value is -2.98. The molecular weight excluding hydrogens is 835 g/mol. The first-order valence-electron chi connectivity index (χ1n) is 19.8. The minimum atomic E-state index is -0.248. The second-order valence-electron chi connectivity index (χ2n) is 17.0. The second kappa shape index (κ2) is 16.6. The first-order chi connectivity index (χ1) is 24.9. The quantitative estimate of drug-likeness (QED) is 0.0680. The molecule has 4 aromatic carbocycles. The smallest absolute Gasteiger partial charge is 0.162 e. The molecule has 0 saturated heterocycles. The number of ketones is 1. The summed E-state index contributed by atoms with van der Waals surface area (Å²) in [4.78, 5) is 18.9. The van der Waals surface area contributed by atoms with Crippen LogP contribution in [0.15, 0.2) is 82.4 Å². The van der Waals surface area contributed by atoms with Gasteiger partial charge in [-0.25, -0.2) is 0 Å². The average molecular weight is 895 g/mol. The summed E-state index contributed by atoms with van der Waals surface area (Å²) in [7, 11) is 0. The van der Waals surface area contributed by atoms with Crippen LogP contribution in [0.3, 0.4) is 0 Å². The normalized spacial score (nSPS) is 13.7. The minimum Gasteiger partial charge on any atom is -0.512 e. The van der Waals surface area contributed by atoms with Crippen LogP contribution >= 0.6 is 11.8 Å². The van der Waals surface area contributed by atoms with E-state index in [4.69, 9.17) is 7.73 Å². The van der Waals surface area contributed by atoms with Crippen LogP contribution in [0.2, 0.25) is 0 Å². The summed E-state index contributed by atoms with van der Waals surface area (Å²) >= 11 is 1.80. The van der Waals surface area contributed by atoms with Crippen molar-refractivity contribution in [2.45, 2.75) is 124 Å². The molecule has 1 radical (unpaired) electrons. The number of aliphatic hydroxyl groups excluding tert-OH is 1. The molecule has 0 aliphatic carbocycles. The van der Waals surface area contributed by atoms with Gasteiger partial charge in [-0.15, -0.1) is 29.3 Å². The molecule has 5 aromatic rings. The monoisotopic (exact) mass is 895 g/mol. The van der Waals surface area contributed by atoms with Gasteiger partial charge in [-0.1, -0.05) is 129 Å². The van der Waals surface area contributed by atoms with Crippen LogP contribution in [0, 0.1) is 28.2 Å². The van der Waals surface area contributed by atoms with E-state index in [0.29, 0.717) is 0 Å². The molecule has 0 atom stereocenters. The fourth-order valence-electron chi connectivity index (χ4n) is 7.16. The van der Waals surface area contributed by atoms with Gasteiger partial charge in [0.1, 0.15) is 5.76 Å². The Labute approximate surface area is 333 Å². The number of fused-ring (bicyclic) bond motifs is 5. The molecular formula is C47H58IrNO2S-. The van der Waals surface area contributed by atoms with Crippen molar-refractivity contribution in [1.29, 1.82) is 0 Å². The predicted molar refractivity (Wildman–Crippen MR) is 220 cm³/mol. The zero-order chi connectivity index (χ0) is 39.0. The maximum absolute atomic E-state index is 11.9. The Bertz CT molecular complexity index is 2200. The van der Waals surface area contributed by atoms with Gasteiger partial charge in [0, 0.05) is 54.3 Å². The zero-order valence-electron chi connectivity index (χ0n) is 35.1. The Kier molecular flexibility index (Phi) is 12.4. The summed E-state index contributed by atoms with van der Waals surface area (Å²) in [5, 5.41) is 16.4. The van der Waals surface area contributed by atoms with Gasteiger partial charge in [0.2, 0.25) is 0 Å². The molecule has 6 rings (SSSR count). The molecule has 0 fully saturated rings. The van der Waals surface area contributed by atoms with Gasteiger partial charge in [-0.2, -0.15) is 0 Å². The van der Waals surface area contributed by atoms with E-state index < -0.39 is 0 Å². The molecule has 52 heavy (non-hydrogen) atoms. The van der Waals surface area contributed by atoms with Gasteiger partial charge in [0.25, 0.3) is 0 Å². The van der Waals surface area contributed by atoms with Gasteiger partial charge >= 0.3 is 0 Å². The summed E-state index contributed by atoms with van der Waals surface area (Å²) < 4.78 is 17.6. The van der Waals surface area contributed by atoms with Crippen molar-refractivity contribution in [2.24, 2.45) is 22.2 Å². The number of aliphatic hydroxyl groups is 1. The van der Waals surface area contributed by atoms with Gasteiger partial charge in [0.15, 0.2) is 5.78 Å². The number of rotatable bonds is 9. The number of hydrogen-bond acceptors (Lipinski definition) is 4. The largest absolute Gasteiger partial charge is 0.512 e. The van der Waals surface area contributed by atoms with Crippen LogP contribution in [-0.4, -0.2) is 15.9 Å². The molecule has 0 saturated carbocycles. The molecule has 2 heterocycles. The number of allylic oxidation sites excluding steroid dienone is 2. The van der Waals surface area contributed by atoms with Crippen LogP contribution in [-0.2, 0) is 37.7 Å². The Morgan fingerprint density at radius 2 is 1.52 bits per heavy atom. The number of hydrogen-bond donors (Lipinski definition) is 1. The molecule has 5 heteroatoms. The van der Waals surface area contributed by atoms with Gasteiger partial charge in [-0.3, -0.25) is 9.78 Å². The molecule has 0 spiro atoms. The van der Waals surface area contributed by atoms with Crippen molar-refractivity contribution >= 4 is 49.9 Å². The van der Waals surface area contributed by atoms with Gasteiger partial charge < -0.3 is 5.11 Å². The van der Waals surface area contributed by atoms with Crippen LogP contribution in [0.1, 0.15) is 116 Å². The molecule has 0 unspecified atom stereocenters. The first-order valence-corrected chi connectivity index (χ1v) is 19.6. The van der Waals surface area contributed by atoms with Gasteiger partial charge in [0.05, 0.1) is 2.74 Å². The van der Waals surface area contributed by atoms with Crippen LogP contribution < -0.4 is 0 Å². The third-order valence-corrected chi connectivity index (χ3v) is 11.8. The average Bonchev–Trinajstić information content (AvgIpc) is 3.09. The molecule has 0 bridgehead atoms. The molecule has 1 aliphatic heterocycles.